The van der Waals surface area contributed by atoms with E-state index in [4.69, 9.17) is 9.84 Å². The highest BCUT2D eigenvalue weighted by Gasteiger charge is 2.56. The van der Waals surface area contributed by atoms with E-state index in [1.54, 1.807) is 12.1 Å². The van der Waals surface area contributed by atoms with E-state index < -0.39 is 5.97 Å². The third-order valence-electron chi connectivity index (χ3n) is 8.08. The van der Waals surface area contributed by atoms with Gasteiger partial charge in [0.2, 0.25) is 11.8 Å². The van der Waals surface area contributed by atoms with Crippen LogP contribution in [0.1, 0.15) is 77.2 Å². The first-order valence-electron chi connectivity index (χ1n) is 13.7. The number of rotatable bonds is 12. The molecule has 1 aromatic carbocycles. The summed E-state index contributed by atoms with van der Waals surface area (Å²) < 4.78 is 6.27. The fourth-order valence-corrected chi connectivity index (χ4v) is 6.35. The zero-order valence-electron chi connectivity index (χ0n) is 21.9. The van der Waals surface area contributed by atoms with Crippen molar-refractivity contribution in [2.24, 2.45) is 17.8 Å². The summed E-state index contributed by atoms with van der Waals surface area (Å²) in [6.45, 7) is 5.11. The number of carboxylic acids is 1. The van der Waals surface area contributed by atoms with Crippen LogP contribution < -0.4 is 0 Å². The smallest absolute Gasteiger partial charge is 0.303 e. The highest BCUT2D eigenvalue weighted by Crippen LogP contribution is 2.49. The number of phenols is 1. The molecule has 2 fully saturated rings. The van der Waals surface area contributed by atoms with Crippen molar-refractivity contribution in [1.82, 2.24) is 4.90 Å². The summed E-state index contributed by atoms with van der Waals surface area (Å²) in [5.74, 6) is -1.38. The summed E-state index contributed by atoms with van der Waals surface area (Å²) in [5, 5.41) is 18.4. The lowest BCUT2D eigenvalue weighted by atomic mass is 9.70. The van der Waals surface area contributed by atoms with Crippen molar-refractivity contribution in [3.63, 3.8) is 0 Å². The van der Waals surface area contributed by atoms with Gasteiger partial charge in [-0.15, -0.1) is 0 Å². The van der Waals surface area contributed by atoms with Gasteiger partial charge in [0.25, 0.3) is 0 Å². The lowest BCUT2D eigenvalue weighted by Gasteiger charge is -2.30. The van der Waals surface area contributed by atoms with Crippen LogP contribution in [0.2, 0.25) is 0 Å². The molecule has 4 rings (SSSR count). The molecule has 1 aliphatic carbocycles. The Bertz CT molecular complexity index is 1070. The summed E-state index contributed by atoms with van der Waals surface area (Å²) in [7, 11) is 0. The number of benzene rings is 1. The van der Waals surface area contributed by atoms with Crippen LogP contribution in [-0.2, 0) is 19.1 Å². The summed E-state index contributed by atoms with van der Waals surface area (Å²) in [6, 6.07) is 7.24. The van der Waals surface area contributed by atoms with Crippen molar-refractivity contribution in [2.45, 2.75) is 77.7 Å². The molecular formula is C30H39NO6. The summed E-state index contributed by atoms with van der Waals surface area (Å²) in [5.41, 5.74) is 4.83. The molecule has 2 N–H and O–H groups in total. The molecule has 7 heteroatoms. The van der Waals surface area contributed by atoms with E-state index >= 15 is 0 Å². The number of carbonyl (C=O) groups excluding carboxylic acids is 2. The Labute approximate surface area is 219 Å². The fraction of sp³-hybridized carbons (Fsp3) is 0.567. The minimum atomic E-state index is -0.818. The molecule has 0 radical (unpaired) electrons. The number of aromatic hydroxyl groups is 1. The van der Waals surface area contributed by atoms with Crippen LogP contribution in [0.3, 0.4) is 0 Å². The standard InChI is InChI=1S/C30H39NO6/c1-3-7-20(17-21-9-12-22(32)13-10-21)11-14-25-27-19(2)16-23-28(24(27)18-37-25)30(36)31(29(23)35)15-6-4-5-8-26(33)34/h9-10,12-13,17,23-25,28,32H,3-8,11,14-16,18H2,1-2H3,(H,33,34)/b20-17+/t23-,24+,25-,28-/m1/s1. The Morgan fingerprint density at radius 1 is 1.05 bits per heavy atom. The van der Waals surface area contributed by atoms with Crippen molar-refractivity contribution in [1.29, 1.82) is 0 Å². The molecule has 1 aromatic rings. The van der Waals surface area contributed by atoms with E-state index in [2.05, 4.69) is 19.9 Å². The van der Waals surface area contributed by atoms with Gasteiger partial charge < -0.3 is 14.9 Å². The zero-order valence-corrected chi connectivity index (χ0v) is 21.9. The summed E-state index contributed by atoms with van der Waals surface area (Å²) in [6.07, 6.45) is 8.57. The molecule has 37 heavy (non-hydrogen) atoms. The molecule has 0 unspecified atom stereocenters. The van der Waals surface area contributed by atoms with E-state index in [-0.39, 0.29) is 47.8 Å². The molecule has 7 nitrogen and oxygen atoms in total. The lowest BCUT2D eigenvalue weighted by molar-refractivity contribution is -0.141. The van der Waals surface area contributed by atoms with Crippen molar-refractivity contribution in [2.75, 3.05) is 13.2 Å². The summed E-state index contributed by atoms with van der Waals surface area (Å²) in [4.78, 5) is 38.7. The van der Waals surface area contributed by atoms with Crippen molar-refractivity contribution in [3.8, 4) is 5.75 Å². The zero-order chi connectivity index (χ0) is 26.5. The minimum Gasteiger partial charge on any atom is -0.508 e. The predicted molar refractivity (Wildman–Crippen MR) is 141 cm³/mol. The van der Waals surface area contributed by atoms with Gasteiger partial charge in [-0.2, -0.15) is 0 Å². The second-order valence-electron chi connectivity index (χ2n) is 10.7. The Hall–Kier alpha value is -2.93. The quantitative estimate of drug-likeness (QED) is 0.224. The Morgan fingerprint density at radius 2 is 1.81 bits per heavy atom. The second kappa shape index (κ2) is 12.1. The van der Waals surface area contributed by atoms with Gasteiger partial charge >= 0.3 is 5.97 Å². The average molecular weight is 510 g/mol. The van der Waals surface area contributed by atoms with E-state index in [0.29, 0.717) is 38.8 Å². The normalized spacial score (nSPS) is 25.6. The average Bonchev–Trinajstić information content (AvgIpc) is 3.38. The highest BCUT2D eigenvalue weighted by atomic mass is 16.5. The van der Waals surface area contributed by atoms with Gasteiger partial charge in [0, 0.05) is 18.9 Å². The van der Waals surface area contributed by atoms with Crippen LogP contribution in [0, 0.1) is 17.8 Å². The van der Waals surface area contributed by atoms with Gasteiger partial charge in [0.05, 0.1) is 24.5 Å². The van der Waals surface area contributed by atoms with Gasteiger partial charge in [-0.05, 0) is 68.7 Å². The number of ether oxygens (including phenoxy) is 1. The van der Waals surface area contributed by atoms with Crippen LogP contribution in [0.25, 0.3) is 6.08 Å². The third kappa shape index (κ3) is 6.15. The monoisotopic (exact) mass is 509 g/mol. The lowest BCUT2D eigenvalue weighted by Crippen LogP contribution is -2.34. The van der Waals surface area contributed by atoms with Gasteiger partial charge in [-0.1, -0.05) is 49.1 Å². The number of carbonyl (C=O) groups is 3. The van der Waals surface area contributed by atoms with Gasteiger partial charge in [-0.3, -0.25) is 19.3 Å². The predicted octanol–water partition coefficient (Wildman–Crippen LogP) is 5.34. The Balaban J connectivity index is 1.40. The Morgan fingerprint density at radius 3 is 2.51 bits per heavy atom. The van der Waals surface area contributed by atoms with E-state index in [1.165, 1.54) is 21.6 Å². The first-order chi connectivity index (χ1) is 17.8. The van der Waals surface area contributed by atoms with Gasteiger partial charge in [-0.25, -0.2) is 0 Å². The molecule has 4 atom stereocenters. The Kier molecular flexibility index (Phi) is 8.85. The maximum Gasteiger partial charge on any atom is 0.303 e. The van der Waals surface area contributed by atoms with E-state index in [1.807, 2.05) is 12.1 Å². The molecule has 2 heterocycles. The third-order valence-corrected chi connectivity index (χ3v) is 8.08. The molecule has 0 spiro atoms. The fourth-order valence-electron chi connectivity index (χ4n) is 6.35. The van der Waals surface area contributed by atoms with Crippen molar-refractivity contribution < 1.29 is 29.3 Å². The van der Waals surface area contributed by atoms with Gasteiger partial charge in [0.1, 0.15) is 5.75 Å². The topological polar surface area (TPSA) is 104 Å². The molecule has 0 bridgehead atoms. The largest absolute Gasteiger partial charge is 0.508 e. The number of phenolic OH excluding ortho intramolecular Hbond substituents is 1. The molecule has 2 amide bonds. The van der Waals surface area contributed by atoms with E-state index in [0.717, 1.165) is 31.2 Å². The van der Waals surface area contributed by atoms with Crippen LogP contribution in [0.5, 0.6) is 5.75 Å². The van der Waals surface area contributed by atoms with E-state index in [9.17, 15) is 19.5 Å². The molecular weight excluding hydrogens is 470 g/mol. The van der Waals surface area contributed by atoms with Crippen LogP contribution in [0.15, 0.2) is 41.0 Å². The van der Waals surface area contributed by atoms with Crippen LogP contribution in [0.4, 0.5) is 0 Å². The molecule has 200 valence electrons. The van der Waals surface area contributed by atoms with Crippen molar-refractivity contribution in [3.05, 3.63) is 46.5 Å². The number of nitrogens with zero attached hydrogens (tertiary/aromatic N) is 1. The number of aliphatic carboxylic acids is 1. The maximum atomic E-state index is 13.4. The maximum absolute atomic E-state index is 13.4. The number of imide groups is 1. The van der Waals surface area contributed by atoms with Crippen LogP contribution >= 0.6 is 0 Å². The first-order valence-corrected chi connectivity index (χ1v) is 13.7. The number of hydrogen-bond donors (Lipinski definition) is 2. The molecule has 3 aliphatic rings. The second-order valence-corrected chi connectivity index (χ2v) is 10.7. The first kappa shape index (κ1) is 27.1. The number of allylic oxidation sites excluding steroid dienone is 2. The SMILES string of the molecule is CCC/C(=C\c1ccc(O)cc1)CC[C@H]1OC[C@H]2C1=C(C)C[C@H]1C(=O)N(CCCCCC(=O)O)C(=O)[C@H]12. The molecule has 0 saturated carbocycles. The number of amides is 2. The number of fused-ring (bicyclic) bond motifs is 3. The number of carboxylic acid groups (broad SMARTS) is 1. The number of hydrogen-bond acceptors (Lipinski definition) is 5. The van der Waals surface area contributed by atoms with Gasteiger partial charge in [0.15, 0.2) is 0 Å². The number of likely N-dealkylation sites (tertiary alicyclic amines) is 1. The highest BCUT2D eigenvalue weighted by molar-refractivity contribution is 6.05. The summed E-state index contributed by atoms with van der Waals surface area (Å²) >= 11 is 0. The molecule has 2 aliphatic heterocycles. The number of unbranched alkanes of at least 4 members (excludes halogenated alkanes) is 2. The molecule has 2 saturated heterocycles. The molecule has 0 aromatic heterocycles. The van der Waals surface area contributed by atoms with Crippen LogP contribution in [-0.4, -0.2) is 52.2 Å². The van der Waals surface area contributed by atoms with Crippen molar-refractivity contribution >= 4 is 23.9 Å². The minimum absolute atomic E-state index is 0.0287.